The van der Waals surface area contributed by atoms with E-state index in [1.807, 2.05) is 51.1 Å². The van der Waals surface area contributed by atoms with Gasteiger partial charge in [-0.2, -0.15) is 5.10 Å². The minimum atomic E-state index is -0.541. The number of hydrogen-bond acceptors (Lipinski definition) is 6. The molecule has 0 bridgehead atoms. The number of amides is 1. The summed E-state index contributed by atoms with van der Waals surface area (Å²) in [6.45, 7) is 5.54. The van der Waals surface area contributed by atoms with Gasteiger partial charge in [-0.05, 0) is 35.9 Å². The minimum Gasteiger partial charge on any atom is -0.508 e. The molecule has 9 nitrogen and oxygen atoms in total. The van der Waals surface area contributed by atoms with E-state index in [4.69, 9.17) is 4.98 Å². The fourth-order valence-electron chi connectivity index (χ4n) is 4.33. The molecule has 39 heavy (non-hydrogen) atoms. The molecule has 6 rings (SSSR count). The van der Waals surface area contributed by atoms with Crippen molar-refractivity contribution in [1.29, 1.82) is 0 Å². The van der Waals surface area contributed by atoms with Crippen molar-refractivity contribution in [2.75, 3.05) is 5.32 Å². The molecule has 0 saturated heterocycles. The monoisotopic (exact) mass is 521 g/mol. The van der Waals surface area contributed by atoms with Gasteiger partial charge in [0.25, 0.3) is 0 Å². The number of para-hydroxylation sites is 1. The third-order valence-corrected chi connectivity index (χ3v) is 6.35. The van der Waals surface area contributed by atoms with Crippen LogP contribution in [0.25, 0.3) is 55.8 Å². The number of benzene rings is 2. The molecule has 0 unspecified atom stereocenters. The summed E-state index contributed by atoms with van der Waals surface area (Å²) in [5, 5.41) is 21.1. The number of pyridine rings is 2. The molecule has 0 aliphatic carbocycles. The molecule has 4 heterocycles. The number of phenols is 1. The van der Waals surface area contributed by atoms with Crippen LogP contribution in [0.4, 0.5) is 10.1 Å². The highest BCUT2D eigenvalue weighted by Gasteiger charge is 2.22. The lowest BCUT2D eigenvalue weighted by Crippen LogP contribution is -2.27. The van der Waals surface area contributed by atoms with Gasteiger partial charge >= 0.3 is 0 Å². The van der Waals surface area contributed by atoms with Crippen LogP contribution in [0.1, 0.15) is 20.8 Å². The molecule has 0 aliphatic rings. The molecule has 0 spiro atoms. The Bertz CT molecular complexity index is 1860. The molecule has 0 aliphatic heterocycles. The summed E-state index contributed by atoms with van der Waals surface area (Å²) in [7, 11) is 0. The SMILES string of the molecule is CC(C)(C)C(=O)Nc1cncc(-c2cc3c(-c4nc5c(-c6cc(O)cc(F)c6)cccc5[nH]4)n[nH]c3cn2)c1. The number of fused-ring (bicyclic) bond motifs is 2. The average Bonchev–Trinajstić information content (AvgIpc) is 3.51. The van der Waals surface area contributed by atoms with E-state index in [-0.39, 0.29) is 11.7 Å². The minimum absolute atomic E-state index is 0.111. The van der Waals surface area contributed by atoms with Gasteiger partial charge in [-0.25, -0.2) is 9.37 Å². The fourth-order valence-corrected chi connectivity index (χ4v) is 4.33. The highest BCUT2D eigenvalue weighted by molar-refractivity contribution is 5.98. The van der Waals surface area contributed by atoms with Crippen LogP contribution in [0.15, 0.2) is 67.1 Å². The van der Waals surface area contributed by atoms with Gasteiger partial charge in [-0.3, -0.25) is 19.9 Å². The van der Waals surface area contributed by atoms with E-state index in [0.29, 0.717) is 39.5 Å². The number of carbonyl (C=O) groups excluding carboxylic acids is 1. The second kappa shape index (κ2) is 9.02. The molecule has 1 amide bonds. The van der Waals surface area contributed by atoms with Crippen molar-refractivity contribution in [3.63, 3.8) is 0 Å². The van der Waals surface area contributed by atoms with E-state index in [0.717, 1.165) is 28.0 Å². The zero-order valence-corrected chi connectivity index (χ0v) is 21.4. The number of halogens is 1. The van der Waals surface area contributed by atoms with Crippen molar-refractivity contribution >= 4 is 33.5 Å². The quantitative estimate of drug-likeness (QED) is 0.223. The van der Waals surface area contributed by atoms with Crippen LogP contribution in [0, 0.1) is 11.2 Å². The first-order chi connectivity index (χ1) is 18.7. The van der Waals surface area contributed by atoms with Crippen molar-refractivity contribution in [1.82, 2.24) is 30.1 Å². The largest absolute Gasteiger partial charge is 0.508 e. The number of nitrogens with one attached hydrogen (secondary N) is 3. The molecular formula is C29H24FN7O2. The number of phenolic OH excluding ortho intramolecular Hbond substituents is 1. The van der Waals surface area contributed by atoms with Crippen molar-refractivity contribution in [2.45, 2.75) is 20.8 Å². The number of hydrogen-bond donors (Lipinski definition) is 4. The van der Waals surface area contributed by atoms with Crippen molar-refractivity contribution in [2.24, 2.45) is 5.41 Å². The van der Waals surface area contributed by atoms with Gasteiger partial charge in [0, 0.05) is 34.2 Å². The maximum absolute atomic E-state index is 14.0. The summed E-state index contributed by atoms with van der Waals surface area (Å²) in [5.74, 6) is -0.286. The maximum Gasteiger partial charge on any atom is 0.229 e. The van der Waals surface area contributed by atoms with Crippen LogP contribution in [0.5, 0.6) is 5.75 Å². The van der Waals surface area contributed by atoms with E-state index < -0.39 is 11.2 Å². The van der Waals surface area contributed by atoms with E-state index in [2.05, 4.69) is 30.5 Å². The Balaban J connectivity index is 1.41. The molecule has 10 heteroatoms. The number of anilines is 1. The van der Waals surface area contributed by atoms with Gasteiger partial charge in [-0.1, -0.05) is 32.9 Å². The van der Waals surface area contributed by atoms with Crippen LogP contribution >= 0.6 is 0 Å². The Kier molecular flexibility index (Phi) is 5.60. The first kappa shape index (κ1) is 24.2. The van der Waals surface area contributed by atoms with Gasteiger partial charge in [0.05, 0.1) is 40.3 Å². The lowest BCUT2D eigenvalue weighted by Gasteiger charge is -2.17. The van der Waals surface area contributed by atoms with Crippen molar-refractivity contribution in [3.05, 3.63) is 72.9 Å². The van der Waals surface area contributed by atoms with E-state index in [1.54, 1.807) is 18.6 Å². The van der Waals surface area contributed by atoms with Crippen molar-refractivity contribution in [3.8, 4) is 39.7 Å². The zero-order valence-electron chi connectivity index (χ0n) is 21.4. The summed E-state index contributed by atoms with van der Waals surface area (Å²) >= 11 is 0. The molecule has 4 N–H and O–H groups in total. The number of rotatable bonds is 4. The molecule has 194 valence electrons. The standard InChI is InChI=1S/C29H24FN7O2/c1-29(2,3)28(39)33-18-8-16(12-31-13-18)23-11-21-24(14-32-23)36-37-26(21)27-34-22-6-4-5-20(25(22)35-27)15-7-17(30)10-19(38)9-15/h4-14,38H,1-3H3,(H,33,39)(H,34,35)(H,36,37). The molecular weight excluding hydrogens is 497 g/mol. The summed E-state index contributed by atoms with van der Waals surface area (Å²) in [6.07, 6.45) is 4.97. The third-order valence-electron chi connectivity index (χ3n) is 6.35. The fraction of sp³-hybridized carbons (Fsp3) is 0.138. The molecule has 0 fully saturated rings. The van der Waals surface area contributed by atoms with Crippen LogP contribution in [0.2, 0.25) is 0 Å². The number of imidazole rings is 1. The van der Waals surface area contributed by atoms with E-state index >= 15 is 0 Å². The summed E-state index contributed by atoms with van der Waals surface area (Å²) in [6, 6.07) is 13.2. The summed E-state index contributed by atoms with van der Waals surface area (Å²) in [4.78, 5) is 29.4. The second-order valence-electron chi connectivity index (χ2n) is 10.3. The van der Waals surface area contributed by atoms with Gasteiger partial charge in [0.1, 0.15) is 17.3 Å². The number of aromatic hydroxyl groups is 1. The molecule has 0 radical (unpaired) electrons. The average molecular weight is 522 g/mol. The number of aromatic amines is 2. The first-order valence-corrected chi connectivity index (χ1v) is 12.3. The molecule has 0 atom stereocenters. The normalized spacial score (nSPS) is 11.8. The number of H-pyrrole nitrogens is 2. The van der Waals surface area contributed by atoms with E-state index in [1.165, 1.54) is 12.1 Å². The maximum atomic E-state index is 14.0. The predicted octanol–water partition coefficient (Wildman–Crippen LogP) is 6.06. The molecule has 4 aromatic heterocycles. The number of carbonyl (C=O) groups is 1. The van der Waals surface area contributed by atoms with Gasteiger partial charge in [-0.15, -0.1) is 0 Å². The Morgan fingerprint density at radius 1 is 1.00 bits per heavy atom. The highest BCUT2D eigenvalue weighted by Crippen LogP contribution is 2.34. The van der Waals surface area contributed by atoms with Crippen LogP contribution in [-0.2, 0) is 4.79 Å². The Morgan fingerprint density at radius 2 is 1.85 bits per heavy atom. The zero-order chi connectivity index (χ0) is 27.3. The lowest BCUT2D eigenvalue weighted by atomic mass is 9.95. The number of nitrogens with zero attached hydrogens (tertiary/aromatic N) is 4. The molecule has 2 aromatic carbocycles. The van der Waals surface area contributed by atoms with Crippen LogP contribution in [0.3, 0.4) is 0 Å². The summed E-state index contributed by atoms with van der Waals surface area (Å²) in [5.41, 5.74) is 5.27. The molecule has 6 aromatic rings. The molecule has 0 saturated carbocycles. The van der Waals surface area contributed by atoms with E-state index in [9.17, 15) is 14.3 Å². The third kappa shape index (κ3) is 4.56. The first-order valence-electron chi connectivity index (χ1n) is 12.3. The smallest absolute Gasteiger partial charge is 0.229 e. The Hall–Kier alpha value is -5.12. The van der Waals surface area contributed by atoms with Gasteiger partial charge in [0.2, 0.25) is 5.91 Å². The lowest BCUT2D eigenvalue weighted by molar-refractivity contribution is -0.123. The topological polar surface area (TPSA) is 132 Å². The predicted molar refractivity (Wildman–Crippen MR) is 147 cm³/mol. The van der Waals surface area contributed by atoms with Gasteiger partial charge < -0.3 is 15.4 Å². The number of aromatic nitrogens is 6. The van der Waals surface area contributed by atoms with Crippen LogP contribution in [-0.4, -0.2) is 41.1 Å². The summed E-state index contributed by atoms with van der Waals surface area (Å²) < 4.78 is 14.0. The Labute approximate surface area is 222 Å². The van der Waals surface area contributed by atoms with Crippen molar-refractivity contribution < 1.29 is 14.3 Å². The Morgan fingerprint density at radius 3 is 2.64 bits per heavy atom. The van der Waals surface area contributed by atoms with Gasteiger partial charge in [0.15, 0.2) is 5.82 Å². The second-order valence-corrected chi connectivity index (χ2v) is 10.3. The highest BCUT2D eigenvalue weighted by atomic mass is 19.1. The van der Waals surface area contributed by atoms with Crippen LogP contribution < -0.4 is 5.32 Å².